The standard InChI is InChI=1S/C10H10N2O4S2/c1-7-9(17-6-11-7)4-12-18(14,15)10-3-2-8(5-13)16-10/h2-3,5-6,12H,4H2,1H3. The third kappa shape index (κ3) is 2.66. The smallest absolute Gasteiger partial charge is 0.274 e. The van der Waals surface area contributed by atoms with E-state index in [2.05, 4.69) is 9.71 Å². The Bertz CT molecular complexity index is 657. The second-order valence-electron chi connectivity index (χ2n) is 3.46. The Hall–Kier alpha value is -1.51. The lowest BCUT2D eigenvalue weighted by atomic mass is 10.4. The maximum absolute atomic E-state index is 11.8. The van der Waals surface area contributed by atoms with Crippen LogP contribution in [0.2, 0.25) is 0 Å². The first-order chi connectivity index (χ1) is 8.53. The van der Waals surface area contributed by atoms with Gasteiger partial charge in [-0.2, -0.15) is 0 Å². The largest absolute Gasteiger partial charge is 0.440 e. The van der Waals surface area contributed by atoms with Crippen LogP contribution in [0.3, 0.4) is 0 Å². The number of hydrogen-bond donors (Lipinski definition) is 1. The molecule has 96 valence electrons. The molecule has 2 aromatic heterocycles. The van der Waals surface area contributed by atoms with E-state index in [4.69, 9.17) is 4.42 Å². The number of nitrogens with zero attached hydrogens (tertiary/aromatic N) is 1. The molecule has 0 saturated carbocycles. The molecule has 8 heteroatoms. The summed E-state index contributed by atoms with van der Waals surface area (Å²) in [4.78, 5) is 15.3. The lowest BCUT2D eigenvalue weighted by Crippen LogP contribution is -2.22. The Morgan fingerprint density at radius 2 is 2.28 bits per heavy atom. The molecule has 0 atom stereocenters. The van der Waals surface area contributed by atoms with Gasteiger partial charge in [0.05, 0.1) is 11.2 Å². The molecule has 0 aromatic carbocycles. The van der Waals surface area contributed by atoms with Crippen molar-refractivity contribution in [2.45, 2.75) is 18.6 Å². The molecule has 18 heavy (non-hydrogen) atoms. The number of rotatable bonds is 5. The lowest BCUT2D eigenvalue weighted by Gasteiger charge is -2.02. The van der Waals surface area contributed by atoms with Gasteiger partial charge < -0.3 is 4.42 Å². The minimum absolute atomic E-state index is 0.0238. The fraction of sp³-hybridized carbons (Fsp3) is 0.200. The Labute approximate surface area is 108 Å². The van der Waals surface area contributed by atoms with Gasteiger partial charge in [0.1, 0.15) is 0 Å². The molecule has 0 saturated heterocycles. The maximum atomic E-state index is 11.8. The Morgan fingerprint density at radius 3 is 2.83 bits per heavy atom. The molecule has 2 aromatic rings. The van der Waals surface area contributed by atoms with Gasteiger partial charge in [-0.25, -0.2) is 18.1 Å². The monoisotopic (exact) mass is 286 g/mol. The van der Waals surface area contributed by atoms with Gasteiger partial charge in [-0.05, 0) is 19.1 Å². The molecule has 0 aliphatic rings. The van der Waals surface area contributed by atoms with Crippen LogP contribution in [-0.4, -0.2) is 19.7 Å². The summed E-state index contributed by atoms with van der Waals surface area (Å²) < 4.78 is 30.9. The van der Waals surface area contributed by atoms with Crippen molar-refractivity contribution in [3.63, 3.8) is 0 Å². The molecule has 0 unspecified atom stereocenters. The van der Waals surface area contributed by atoms with Crippen molar-refractivity contribution in [1.29, 1.82) is 0 Å². The van der Waals surface area contributed by atoms with Crippen molar-refractivity contribution in [3.05, 3.63) is 34.0 Å². The number of aryl methyl sites for hydroxylation is 1. The summed E-state index contributed by atoms with van der Waals surface area (Å²) >= 11 is 1.37. The molecule has 2 rings (SSSR count). The number of nitrogens with one attached hydrogen (secondary N) is 1. The van der Waals surface area contributed by atoms with E-state index in [1.807, 2.05) is 0 Å². The van der Waals surface area contributed by atoms with Crippen LogP contribution in [0.5, 0.6) is 0 Å². The molecule has 0 aliphatic carbocycles. The van der Waals surface area contributed by atoms with Crippen molar-refractivity contribution >= 4 is 27.6 Å². The number of sulfonamides is 1. The van der Waals surface area contributed by atoms with Gasteiger partial charge in [-0.15, -0.1) is 11.3 Å². The quantitative estimate of drug-likeness (QED) is 0.838. The van der Waals surface area contributed by atoms with E-state index in [1.54, 1.807) is 12.4 Å². The average molecular weight is 286 g/mol. The van der Waals surface area contributed by atoms with Crippen LogP contribution >= 0.6 is 11.3 Å². The molecule has 0 aliphatic heterocycles. The summed E-state index contributed by atoms with van der Waals surface area (Å²) in [7, 11) is -3.74. The fourth-order valence-corrected chi connectivity index (χ4v) is 3.01. The molecular weight excluding hydrogens is 276 g/mol. The predicted molar refractivity (Wildman–Crippen MR) is 65.0 cm³/mol. The van der Waals surface area contributed by atoms with Crippen LogP contribution < -0.4 is 4.72 Å². The predicted octanol–water partition coefficient (Wildman–Crippen LogP) is 1.34. The topological polar surface area (TPSA) is 89.3 Å². The molecule has 6 nitrogen and oxygen atoms in total. The fourth-order valence-electron chi connectivity index (χ4n) is 1.27. The lowest BCUT2D eigenvalue weighted by molar-refractivity contribution is 0.109. The zero-order valence-corrected chi connectivity index (χ0v) is 11.0. The zero-order chi connectivity index (χ0) is 13.2. The van der Waals surface area contributed by atoms with E-state index in [-0.39, 0.29) is 17.4 Å². The number of aldehydes is 1. The highest BCUT2D eigenvalue weighted by Gasteiger charge is 2.19. The third-order valence-electron chi connectivity index (χ3n) is 2.25. The van der Waals surface area contributed by atoms with Crippen molar-refractivity contribution in [3.8, 4) is 0 Å². The Morgan fingerprint density at radius 1 is 1.50 bits per heavy atom. The minimum atomic E-state index is -3.74. The second-order valence-corrected chi connectivity index (χ2v) is 6.10. The number of aromatic nitrogens is 1. The molecular formula is C10H10N2O4S2. The highest BCUT2D eigenvalue weighted by molar-refractivity contribution is 7.89. The Kier molecular flexibility index (Phi) is 3.60. The SMILES string of the molecule is Cc1ncsc1CNS(=O)(=O)c1ccc(C=O)o1. The van der Waals surface area contributed by atoms with Crippen molar-refractivity contribution in [2.24, 2.45) is 0 Å². The van der Waals surface area contributed by atoms with Gasteiger partial charge in [-0.3, -0.25) is 4.79 Å². The number of hydrogen-bond acceptors (Lipinski definition) is 6. The highest BCUT2D eigenvalue weighted by atomic mass is 32.2. The van der Waals surface area contributed by atoms with E-state index in [0.29, 0.717) is 6.29 Å². The summed E-state index contributed by atoms with van der Waals surface area (Å²) in [6, 6.07) is 2.55. The third-order valence-corrected chi connectivity index (χ3v) is 4.46. The van der Waals surface area contributed by atoms with Crippen LogP contribution in [0.25, 0.3) is 0 Å². The molecule has 0 amide bonds. The molecule has 0 fully saturated rings. The first kappa shape index (κ1) is 12.9. The number of furan rings is 1. The normalized spacial score (nSPS) is 11.6. The average Bonchev–Trinajstić information content (AvgIpc) is 2.95. The first-order valence-electron chi connectivity index (χ1n) is 4.96. The van der Waals surface area contributed by atoms with Crippen LogP contribution in [0.15, 0.2) is 27.2 Å². The zero-order valence-electron chi connectivity index (χ0n) is 9.41. The van der Waals surface area contributed by atoms with Crippen molar-refractivity contribution in [2.75, 3.05) is 0 Å². The van der Waals surface area contributed by atoms with Gasteiger partial charge in [-0.1, -0.05) is 0 Å². The van der Waals surface area contributed by atoms with Crippen LogP contribution in [-0.2, 0) is 16.6 Å². The maximum Gasteiger partial charge on any atom is 0.274 e. The van der Waals surface area contributed by atoms with Crippen LogP contribution in [0.1, 0.15) is 21.1 Å². The van der Waals surface area contributed by atoms with Crippen molar-refractivity contribution in [1.82, 2.24) is 9.71 Å². The summed E-state index contributed by atoms with van der Waals surface area (Å²) in [5, 5.41) is -0.272. The second kappa shape index (κ2) is 5.01. The molecule has 0 spiro atoms. The summed E-state index contributed by atoms with van der Waals surface area (Å²) in [6.07, 6.45) is 0.451. The van der Waals surface area contributed by atoms with E-state index >= 15 is 0 Å². The summed E-state index contributed by atoms with van der Waals surface area (Å²) in [6.45, 7) is 1.95. The van der Waals surface area contributed by atoms with Gasteiger partial charge in [0.25, 0.3) is 10.0 Å². The molecule has 2 heterocycles. The van der Waals surface area contributed by atoms with Gasteiger partial charge in [0.2, 0.25) is 5.09 Å². The van der Waals surface area contributed by atoms with E-state index in [0.717, 1.165) is 10.6 Å². The Balaban J connectivity index is 2.12. The number of carbonyl (C=O) groups excluding carboxylic acids is 1. The molecule has 0 bridgehead atoms. The number of thiazole rings is 1. The molecule has 0 radical (unpaired) electrons. The van der Waals surface area contributed by atoms with Gasteiger partial charge >= 0.3 is 0 Å². The summed E-state index contributed by atoms with van der Waals surface area (Å²) in [5.41, 5.74) is 2.44. The van der Waals surface area contributed by atoms with E-state index in [9.17, 15) is 13.2 Å². The summed E-state index contributed by atoms with van der Waals surface area (Å²) in [5.74, 6) is -0.0238. The van der Waals surface area contributed by atoms with Crippen molar-refractivity contribution < 1.29 is 17.6 Å². The highest BCUT2D eigenvalue weighted by Crippen LogP contribution is 2.15. The van der Waals surface area contributed by atoms with Gasteiger partial charge in [0.15, 0.2) is 12.0 Å². The van der Waals surface area contributed by atoms with E-state index < -0.39 is 10.0 Å². The first-order valence-corrected chi connectivity index (χ1v) is 7.33. The molecule has 1 N–H and O–H groups in total. The number of carbonyl (C=O) groups is 1. The van der Waals surface area contributed by atoms with Crippen LogP contribution in [0, 0.1) is 6.92 Å². The van der Waals surface area contributed by atoms with Crippen LogP contribution in [0.4, 0.5) is 0 Å². The minimum Gasteiger partial charge on any atom is -0.440 e. The van der Waals surface area contributed by atoms with E-state index in [1.165, 1.54) is 23.5 Å². The van der Waals surface area contributed by atoms with Gasteiger partial charge in [0, 0.05) is 11.4 Å².